The van der Waals surface area contributed by atoms with Gasteiger partial charge in [0.05, 0.1) is 5.41 Å². The van der Waals surface area contributed by atoms with Crippen LogP contribution in [0.1, 0.15) is 37.9 Å². The highest BCUT2D eigenvalue weighted by atomic mass is 16.4. The maximum atomic E-state index is 11.3. The number of nitrogens with zero attached hydrogens (tertiary/aromatic N) is 2. The zero-order chi connectivity index (χ0) is 14.5. The van der Waals surface area contributed by atoms with Gasteiger partial charge in [-0.15, -0.1) is 0 Å². The van der Waals surface area contributed by atoms with Gasteiger partial charge in [-0.3, -0.25) is 4.79 Å². The Hall–Kier alpha value is -1.80. The number of carbonyl (C=O) groups is 1. The fourth-order valence-electron chi connectivity index (χ4n) is 2.16. The fraction of sp³-hybridized carbons (Fsp3) is 0.571. The van der Waals surface area contributed by atoms with Crippen LogP contribution in [-0.2, 0) is 18.4 Å². The van der Waals surface area contributed by atoms with E-state index < -0.39 is 11.4 Å². The van der Waals surface area contributed by atoms with Crippen molar-refractivity contribution in [3.05, 3.63) is 23.5 Å². The molecule has 5 nitrogen and oxygen atoms in total. The largest absolute Gasteiger partial charge is 0.481 e. The van der Waals surface area contributed by atoms with E-state index in [1.54, 1.807) is 4.57 Å². The summed E-state index contributed by atoms with van der Waals surface area (Å²) in [4.78, 5) is 11.3. The number of hydrogen-bond acceptors (Lipinski definition) is 3. The van der Waals surface area contributed by atoms with Gasteiger partial charge in [-0.05, 0) is 24.5 Å². The molecule has 0 bridgehead atoms. The first-order valence-corrected chi connectivity index (χ1v) is 6.48. The average molecular weight is 263 g/mol. The summed E-state index contributed by atoms with van der Waals surface area (Å²) in [5, 5.41) is 21.4. The van der Waals surface area contributed by atoms with Gasteiger partial charge in [0, 0.05) is 26.3 Å². The third-order valence-electron chi connectivity index (χ3n) is 3.78. The lowest BCUT2D eigenvalue weighted by atomic mass is 9.82. The number of carboxylic acids is 1. The molecule has 0 radical (unpaired) electrons. The molecule has 1 heterocycles. The van der Waals surface area contributed by atoms with Crippen molar-refractivity contribution >= 4 is 5.97 Å². The smallest absolute Gasteiger partial charge is 0.310 e. The predicted molar refractivity (Wildman–Crippen MR) is 72.5 cm³/mol. The number of aromatic nitrogens is 1. The molecule has 0 aliphatic carbocycles. The average Bonchev–Trinajstić information content (AvgIpc) is 2.75. The molecule has 1 rings (SSSR count). The second kappa shape index (κ2) is 6.39. The van der Waals surface area contributed by atoms with Crippen LogP contribution in [0.25, 0.3) is 0 Å². The molecule has 1 aromatic heterocycles. The Kier molecular flexibility index (Phi) is 5.13. The van der Waals surface area contributed by atoms with E-state index in [9.17, 15) is 9.90 Å². The number of aryl methyl sites for hydroxylation is 1. The van der Waals surface area contributed by atoms with Gasteiger partial charge in [-0.2, -0.15) is 5.26 Å². The van der Waals surface area contributed by atoms with Crippen molar-refractivity contribution in [2.24, 2.45) is 12.5 Å². The highest BCUT2D eigenvalue weighted by molar-refractivity contribution is 5.74. The van der Waals surface area contributed by atoms with Crippen molar-refractivity contribution in [3.63, 3.8) is 0 Å². The van der Waals surface area contributed by atoms with Crippen LogP contribution in [0.3, 0.4) is 0 Å². The lowest BCUT2D eigenvalue weighted by molar-refractivity contribution is -0.149. The lowest BCUT2D eigenvalue weighted by Gasteiger charge is -2.26. The van der Waals surface area contributed by atoms with Crippen LogP contribution < -0.4 is 5.32 Å². The molecule has 0 aliphatic heterocycles. The van der Waals surface area contributed by atoms with E-state index in [-0.39, 0.29) is 0 Å². The second-order valence-corrected chi connectivity index (χ2v) is 4.85. The van der Waals surface area contributed by atoms with Crippen molar-refractivity contribution < 1.29 is 9.90 Å². The van der Waals surface area contributed by atoms with E-state index in [0.29, 0.717) is 31.6 Å². The van der Waals surface area contributed by atoms with Crippen LogP contribution in [-0.4, -0.2) is 22.2 Å². The molecule has 19 heavy (non-hydrogen) atoms. The number of aliphatic carboxylic acids is 1. The minimum Gasteiger partial charge on any atom is -0.481 e. The summed E-state index contributed by atoms with van der Waals surface area (Å²) >= 11 is 0. The summed E-state index contributed by atoms with van der Waals surface area (Å²) in [6, 6.07) is 3.92. The van der Waals surface area contributed by atoms with Crippen LogP contribution in [0.2, 0.25) is 0 Å². The minimum atomic E-state index is -0.754. The number of nitrogens with one attached hydrogen (secondary N) is 1. The van der Waals surface area contributed by atoms with Gasteiger partial charge >= 0.3 is 5.97 Å². The SMILES string of the molecule is CCC(CC)(CNCc1cc(C#N)n(C)c1)C(=O)O. The van der Waals surface area contributed by atoms with Gasteiger partial charge in [0.25, 0.3) is 0 Å². The third-order valence-corrected chi connectivity index (χ3v) is 3.78. The standard InChI is InChI=1S/C14H21N3O2/c1-4-14(5-2,13(18)19)10-16-8-11-6-12(7-15)17(3)9-11/h6,9,16H,4-5,8,10H2,1-3H3,(H,18,19). The summed E-state index contributed by atoms with van der Waals surface area (Å²) in [6.07, 6.45) is 3.08. The Bertz CT molecular complexity index is 481. The molecule has 0 atom stereocenters. The van der Waals surface area contributed by atoms with Crippen LogP contribution in [0.15, 0.2) is 12.3 Å². The Morgan fingerprint density at radius 3 is 2.58 bits per heavy atom. The van der Waals surface area contributed by atoms with Gasteiger partial charge in [0.2, 0.25) is 0 Å². The van der Waals surface area contributed by atoms with Crippen molar-refractivity contribution in [1.82, 2.24) is 9.88 Å². The molecule has 0 unspecified atom stereocenters. The molecule has 0 saturated heterocycles. The molecule has 0 fully saturated rings. The molecule has 0 aliphatic rings. The zero-order valence-corrected chi connectivity index (χ0v) is 11.7. The number of nitriles is 1. The van der Waals surface area contributed by atoms with Crippen molar-refractivity contribution in [2.45, 2.75) is 33.2 Å². The van der Waals surface area contributed by atoms with Gasteiger partial charge in [0.15, 0.2) is 0 Å². The first kappa shape index (κ1) is 15.3. The maximum absolute atomic E-state index is 11.3. The van der Waals surface area contributed by atoms with Crippen molar-refractivity contribution in [2.75, 3.05) is 6.54 Å². The quantitative estimate of drug-likeness (QED) is 0.787. The Morgan fingerprint density at radius 1 is 1.53 bits per heavy atom. The summed E-state index contributed by atoms with van der Waals surface area (Å²) in [7, 11) is 1.82. The second-order valence-electron chi connectivity index (χ2n) is 4.85. The van der Waals surface area contributed by atoms with Gasteiger partial charge in [0.1, 0.15) is 11.8 Å². The van der Waals surface area contributed by atoms with Crippen LogP contribution >= 0.6 is 0 Å². The van der Waals surface area contributed by atoms with Crippen LogP contribution in [0.4, 0.5) is 0 Å². The van der Waals surface area contributed by atoms with E-state index in [2.05, 4.69) is 11.4 Å². The van der Waals surface area contributed by atoms with E-state index in [1.165, 1.54) is 0 Å². The molecule has 104 valence electrons. The van der Waals surface area contributed by atoms with Gasteiger partial charge < -0.3 is 15.0 Å². The number of hydrogen-bond donors (Lipinski definition) is 2. The molecular formula is C14H21N3O2. The van der Waals surface area contributed by atoms with E-state index in [1.807, 2.05) is 33.2 Å². The normalized spacial score (nSPS) is 11.3. The number of carboxylic acid groups (broad SMARTS) is 1. The highest BCUT2D eigenvalue weighted by Crippen LogP contribution is 2.25. The first-order chi connectivity index (χ1) is 8.99. The van der Waals surface area contributed by atoms with E-state index >= 15 is 0 Å². The first-order valence-electron chi connectivity index (χ1n) is 6.48. The topological polar surface area (TPSA) is 78.0 Å². The van der Waals surface area contributed by atoms with E-state index in [4.69, 9.17) is 5.26 Å². The van der Waals surface area contributed by atoms with Crippen LogP contribution in [0.5, 0.6) is 0 Å². The molecule has 0 saturated carbocycles. The third kappa shape index (κ3) is 3.36. The molecule has 1 aromatic rings. The molecule has 2 N–H and O–H groups in total. The molecule has 0 spiro atoms. The fourth-order valence-corrected chi connectivity index (χ4v) is 2.16. The predicted octanol–water partition coefficient (Wildman–Crippen LogP) is 1.88. The lowest BCUT2D eigenvalue weighted by Crippen LogP contribution is -2.39. The molecule has 5 heteroatoms. The Balaban J connectivity index is 2.62. The van der Waals surface area contributed by atoms with Crippen LogP contribution in [0, 0.1) is 16.7 Å². The maximum Gasteiger partial charge on any atom is 0.310 e. The Labute approximate surface area is 113 Å². The summed E-state index contributed by atoms with van der Waals surface area (Å²) < 4.78 is 1.76. The molecule has 0 amide bonds. The van der Waals surface area contributed by atoms with Crippen molar-refractivity contribution in [1.29, 1.82) is 5.26 Å². The minimum absolute atomic E-state index is 0.437. The zero-order valence-electron chi connectivity index (χ0n) is 11.7. The molecule has 0 aromatic carbocycles. The van der Waals surface area contributed by atoms with E-state index in [0.717, 1.165) is 5.56 Å². The van der Waals surface area contributed by atoms with Crippen molar-refractivity contribution in [3.8, 4) is 6.07 Å². The van der Waals surface area contributed by atoms with Gasteiger partial charge in [-0.25, -0.2) is 0 Å². The molecular weight excluding hydrogens is 242 g/mol. The Morgan fingerprint density at radius 2 is 2.16 bits per heavy atom. The van der Waals surface area contributed by atoms with Gasteiger partial charge in [-0.1, -0.05) is 13.8 Å². The summed E-state index contributed by atoms with van der Waals surface area (Å²) in [6.45, 7) is 4.81. The highest BCUT2D eigenvalue weighted by Gasteiger charge is 2.34. The monoisotopic (exact) mass is 263 g/mol. The summed E-state index contributed by atoms with van der Waals surface area (Å²) in [5.74, 6) is -0.754. The summed E-state index contributed by atoms with van der Waals surface area (Å²) in [5.41, 5.74) is 0.894. The number of rotatable bonds is 7.